The zero-order valence-electron chi connectivity index (χ0n) is 17.6. The van der Waals surface area contributed by atoms with E-state index in [9.17, 15) is 8.78 Å². The molecule has 1 unspecified atom stereocenters. The van der Waals surface area contributed by atoms with Crippen LogP contribution in [0, 0.1) is 6.92 Å². The Bertz CT molecular complexity index is 1220. The largest absolute Gasteiger partial charge is 0.480 e. The zero-order chi connectivity index (χ0) is 22.1. The summed E-state index contributed by atoms with van der Waals surface area (Å²) in [7, 11) is 3.16. The Morgan fingerprint density at radius 2 is 2.03 bits per heavy atom. The monoisotopic (exact) mass is 431 g/mol. The topological polar surface area (TPSA) is 103 Å². The molecule has 11 heteroatoms. The highest BCUT2D eigenvalue weighted by molar-refractivity contribution is 5.98. The van der Waals surface area contributed by atoms with Crippen LogP contribution >= 0.6 is 0 Å². The minimum Gasteiger partial charge on any atom is -0.480 e. The number of ether oxygens (including phenoxy) is 2. The molecule has 0 saturated heterocycles. The van der Waals surface area contributed by atoms with Crippen molar-refractivity contribution in [3.05, 3.63) is 24.3 Å². The zero-order valence-corrected chi connectivity index (χ0v) is 17.6. The molecule has 0 aromatic carbocycles. The molecule has 0 saturated carbocycles. The number of pyridine rings is 1. The van der Waals surface area contributed by atoms with Crippen molar-refractivity contribution in [3.63, 3.8) is 0 Å². The van der Waals surface area contributed by atoms with Gasteiger partial charge < -0.3 is 24.3 Å². The third-order valence-corrected chi connectivity index (χ3v) is 4.91. The van der Waals surface area contributed by atoms with Crippen LogP contribution in [0.4, 0.5) is 14.7 Å². The minimum atomic E-state index is -2.49. The second kappa shape index (κ2) is 8.42. The molecule has 2 N–H and O–H groups in total. The summed E-state index contributed by atoms with van der Waals surface area (Å²) in [5.74, 6) is 1.27. The fraction of sp³-hybridized carbons (Fsp3) is 0.400. The van der Waals surface area contributed by atoms with Crippen molar-refractivity contribution in [3.8, 4) is 17.0 Å². The minimum absolute atomic E-state index is 0.00607. The lowest BCUT2D eigenvalue weighted by Gasteiger charge is -2.13. The van der Waals surface area contributed by atoms with Gasteiger partial charge in [0.15, 0.2) is 5.65 Å². The Balaban J connectivity index is 1.80. The number of H-pyrrole nitrogens is 1. The molecular weight excluding hydrogens is 408 g/mol. The number of anilines is 1. The summed E-state index contributed by atoms with van der Waals surface area (Å²) in [4.78, 5) is 20.8. The van der Waals surface area contributed by atoms with Crippen LogP contribution in [0.3, 0.4) is 0 Å². The third kappa shape index (κ3) is 4.00. The summed E-state index contributed by atoms with van der Waals surface area (Å²) in [6.07, 6.45) is 0.928. The number of aryl methyl sites for hydroxylation is 1. The van der Waals surface area contributed by atoms with Crippen LogP contribution in [-0.2, 0) is 11.3 Å². The van der Waals surface area contributed by atoms with Gasteiger partial charge in [-0.3, -0.25) is 0 Å². The molecule has 0 aliphatic carbocycles. The first kappa shape index (κ1) is 20.9. The van der Waals surface area contributed by atoms with Gasteiger partial charge in [0.05, 0.1) is 31.2 Å². The molecule has 0 amide bonds. The van der Waals surface area contributed by atoms with Crippen LogP contribution in [-0.4, -0.2) is 62.8 Å². The van der Waals surface area contributed by atoms with Crippen molar-refractivity contribution < 1.29 is 18.3 Å². The Hall–Kier alpha value is -3.34. The van der Waals surface area contributed by atoms with Crippen molar-refractivity contribution in [2.24, 2.45) is 0 Å². The van der Waals surface area contributed by atoms with E-state index in [-0.39, 0.29) is 6.04 Å². The van der Waals surface area contributed by atoms with E-state index in [0.717, 1.165) is 5.56 Å². The third-order valence-electron chi connectivity index (χ3n) is 4.91. The number of aromatic amines is 1. The van der Waals surface area contributed by atoms with Gasteiger partial charge in [-0.25, -0.2) is 18.7 Å². The highest BCUT2D eigenvalue weighted by atomic mass is 19.3. The average Bonchev–Trinajstić information content (AvgIpc) is 3.28. The number of nitrogens with one attached hydrogen (secondary N) is 2. The van der Waals surface area contributed by atoms with Gasteiger partial charge in [-0.2, -0.15) is 9.97 Å². The first-order valence-electron chi connectivity index (χ1n) is 9.71. The summed E-state index contributed by atoms with van der Waals surface area (Å²) < 4.78 is 38.2. The highest BCUT2D eigenvalue weighted by Crippen LogP contribution is 2.35. The SMILES string of the molecule is COCC(C)Nc1nc(OC)c2c(-c3cnc4nc(C)n(CC(F)F)c4c3)c[nH]c2n1. The van der Waals surface area contributed by atoms with Gasteiger partial charge in [-0.15, -0.1) is 0 Å². The molecule has 0 aliphatic rings. The number of imidazole rings is 1. The van der Waals surface area contributed by atoms with Crippen LogP contribution in [0.1, 0.15) is 12.7 Å². The van der Waals surface area contributed by atoms with Gasteiger partial charge in [-0.1, -0.05) is 0 Å². The maximum atomic E-state index is 13.0. The smallest absolute Gasteiger partial charge is 0.256 e. The van der Waals surface area contributed by atoms with Crippen molar-refractivity contribution >= 4 is 28.1 Å². The number of rotatable bonds is 8. The summed E-state index contributed by atoms with van der Waals surface area (Å²) in [5.41, 5.74) is 3.00. The van der Waals surface area contributed by atoms with Crippen LogP contribution in [0.25, 0.3) is 33.3 Å². The fourth-order valence-electron chi connectivity index (χ4n) is 3.59. The molecule has 4 heterocycles. The lowest BCUT2D eigenvalue weighted by Crippen LogP contribution is -2.22. The molecule has 1 atom stereocenters. The van der Waals surface area contributed by atoms with Gasteiger partial charge in [0.25, 0.3) is 6.43 Å². The summed E-state index contributed by atoms with van der Waals surface area (Å²) >= 11 is 0. The molecule has 0 radical (unpaired) electrons. The Kier molecular flexibility index (Phi) is 5.68. The summed E-state index contributed by atoms with van der Waals surface area (Å²) in [6, 6.07) is 1.80. The molecule has 9 nitrogen and oxygen atoms in total. The lowest BCUT2D eigenvalue weighted by atomic mass is 10.1. The van der Waals surface area contributed by atoms with E-state index in [1.54, 1.807) is 32.5 Å². The van der Waals surface area contributed by atoms with Gasteiger partial charge >= 0.3 is 0 Å². The second-order valence-electron chi connectivity index (χ2n) is 7.21. The summed E-state index contributed by atoms with van der Waals surface area (Å²) in [5, 5.41) is 3.84. The first-order chi connectivity index (χ1) is 14.9. The molecular formula is C20H23F2N7O2. The number of hydrogen-bond donors (Lipinski definition) is 2. The maximum absolute atomic E-state index is 13.0. The van der Waals surface area contributed by atoms with Crippen LogP contribution < -0.4 is 10.1 Å². The molecule has 164 valence electrons. The van der Waals surface area contributed by atoms with E-state index in [1.807, 2.05) is 6.92 Å². The van der Waals surface area contributed by atoms with E-state index < -0.39 is 13.0 Å². The van der Waals surface area contributed by atoms with E-state index in [2.05, 4.69) is 30.2 Å². The Morgan fingerprint density at radius 3 is 2.74 bits per heavy atom. The molecule has 4 aromatic heterocycles. The quantitative estimate of drug-likeness (QED) is 0.441. The lowest BCUT2D eigenvalue weighted by molar-refractivity contribution is 0.127. The summed E-state index contributed by atoms with van der Waals surface area (Å²) in [6.45, 7) is 3.69. The van der Waals surface area contributed by atoms with Crippen molar-refractivity contribution in [1.82, 2.24) is 29.5 Å². The fourth-order valence-corrected chi connectivity index (χ4v) is 3.59. The number of methoxy groups -OCH3 is 2. The van der Waals surface area contributed by atoms with Crippen molar-refractivity contribution in [2.75, 3.05) is 26.1 Å². The molecule has 31 heavy (non-hydrogen) atoms. The van der Waals surface area contributed by atoms with Gasteiger partial charge in [-0.05, 0) is 19.9 Å². The van der Waals surface area contributed by atoms with E-state index >= 15 is 0 Å². The molecule has 4 aromatic rings. The standard InChI is InChI=1S/C20H23F2N7O2/c1-10(9-30-3)25-20-27-18-16(19(28-20)31-4)13(7-24-18)12-5-14-17(23-6-12)26-11(2)29(14)8-15(21)22/h5-7,10,15H,8-9H2,1-4H3,(H2,24,25,27,28). The van der Waals surface area contributed by atoms with Crippen LogP contribution in [0.2, 0.25) is 0 Å². The van der Waals surface area contributed by atoms with Crippen LogP contribution in [0.15, 0.2) is 18.5 Å². The van der Waals surface area contributed by atoms with Crippen LogP contribution in [0.5, 0.6) is 5.88 Å². The van der Waals surface area contributed by atoms with Gasteiger partial charge in [0.2, 0.25) is 11.8 Å². The molecule has 0 bridgehead atoms. The number of alkyl halides is 2. The predicted molar refractivity (Wildman–Crippen MR) is 113 cm³/mol. The van der Waals surface area contributed by atoms with Crippen molar-refractivity contribution in [2.45, 2.75) is 32.9 Å². The molecule has 0 fully saturated rings. The van der Waals surface area contributed by atoms with E-state index in [4.69, 9.17) is 9.47 Å². The first-order valence-corrected chi connectivity index (χ1v) is 9.71. The Labute approximate surface area is 176 Å². The van der Waals surface area contributed by atoms with Crippen molar-refractivity contribution in [1.29, 1.82) is 0 Å². The average molecular weight is 431 g/mol. The van der Waals surface area contributed by atoms with E-state index in [1.165, 1.54) is 11.7 Å². The van der Waals surface area contributed by atoms with Gasteiger partial charge in [0, 0.05) is 36.7 Å². The second-order valence-corrected chi connectivity index (χ2v) is 7.21. The number of aromatic nitrogens is 6. The molecule has 0 aliphatic heterocycles. The Morgan fingerprint density at radius 1 is 1.23 bits per heavy atom. The number of fused-ring (bicyclic) bond motifs is 2. The highest BCUT2D eigenvalue weighted by Gasteiger charge is 2.19. The molecule has 4 rings (SSSR count). The number of halogens is 2. The molecule has 0 spiro atoms. The maximum Gasteiger partial charge on any atom is 0.256 e. The van der Waals surface area contributed by atoms with E-state index in [0.29, 0.717) is 52.0 Å². The normalized spacial score (nSPS) is 12.7. The number of nitrogens with zero attached hydrogens (tertiary/aromatic N) is 5. The predicted octanol–water partition coefficient (Wildman–Crippen LogP) is 3.40. The number of hydrogen-bond acceptors (Lipinski definition) is 7. The van der Waals surface area contributed by atoms with Gasteiger partial charge in [0.1, 0.15) is 11.5 Å².